The van der Waals surface area contributed by atoms with E-state index in [9.17, 15) is 0 Å². The molecule has 16 aromatic rings. The van der Waals surface area contributed by atoms with E-state index in [1.54, 1.807) is 11.3 Å². The molecule has 0 bridgehead atoms. The molecule has 0 aliphatic heterocycles. The van der Waals surface area contributed by atoms with E-state index in [-0.39, 0.29) is 0 Å². The Labute approximate surface area is 480 Å². The Kier molecular flexibility index (Phi) is 11.5. The van der Waals surface area contributed by atoms with E-state index in [1.807, 2.05) is 127 Å². The number of nitrogens with zero attached hydrogens (tertiary/aromatic N) is 9. The van der Waals surface area contributed by atoms with Gasteiger partial charge >= 0.3 is 0 Å². The third-order valence-electron chi connectivity index (χ3n) is 15.4. The van der Waals surface area contributed by atoms with Gasteiger partial charge in [-0.3, -0.25) is 0 Å². The molecule has 5 heterocycles. The zero-order chi connectivity index (χ0) is 54.8. The lowest BCUT2D eigenvalue weighted by molar-refractivity contribution is 1.07. The van der Waals surface area contributed by atoms with Crippen molar-refractivity contribution in [1.82, 2.24) is 44.0 Å². The van der Waals surface area contributed by atoms with Gasteiger partial charge in [-0.1, -0.05) is 218 Å². The van der Waals surface area contributed by atoms with Crippen LogP contribution in [0.3, 0.4) is 0 Å². The van der Waals surface area contributed by atoms with Crippen LogP contribution >= 0.6 is 11.3 Å². The Balaban J connectivity index is 0.888. The Morgan fingerprint density at radius 3 is 1.19 bits per heavy atom. The summed E-state index contributed by atoms with van der Waals surface area (Å²) in [4.78, 5) is 35.8. The first-order chi connectivity index (χ1) is 41.1. The zero-order valence-corrected chi connectivity index (χ0v) is 45.2. The highest BCUT2D eigenvalue weighted by Crippen LogP contribution is 2.45. The maximum absolute atomic E-state index is 5.26. The fourth-order valence-corrected chi connectivity index (χ4v) is 12.7. The molecule has 0 radical (unpaired) electrons. The quantitative estimate of drug-likeness (QED) is 0.134. The molecule has 16 rings (SSSR count). The number of aromatic nitrogens is 9. The van der Waals surface area contributed by atoms with Crippen LogP contribution in [0.1, 0.15) is 0 Å². The molecule has 0 aliphatic rings. The molecule has 9 nitrogen and oxygen atoms in total. The third kappa shape index (κ3) is 8.43. The normalized spacial score (nSPS) is 11.6. The molecule has 0 N–H and O–H groups in total. The number of thiazole rings is 1. The topological polar surface area (TPSA) is 100 Å². The Hall–Kier alpha value is -11.1. The molecule has 0 atom stereocenters. The van der Waals surface area contributed by atoms with Crippen molar-refractivity contribution < 1.29 is 0 Å². The number of benzene rings is 11. The van der Waals surface area contributed by atoms with E-state index in [4.69, 9.17) is 34.9 Å². The first-order valence-corrected chi connectivity index (χ1v) is 28.4. The van der Waals surface area contributed by atoms with Crippen molar-refractivity contribution in [3.8, 4) is 101 Å². The van der Waals surface area contributed by atoms with Gasteiger partial charge < -0.3 is 9.13 Å². The van der Waals surface area contributed by atoms with Gasteiger partial charge in [0.15, 0.2) is 34.9 Å². The summed E-state index contributed by atoms with van der Waals surface area (Å²) in [6.45, 7) is 0. The highest BCUT2D eigenvalue weighted by molar-refractivity contribution is 7.22. The van der Waals surface area contributed by atoms with Crippen LogP contribution in [-0.2, 0) is 0 Å². The van der Waals surface area contributed by atoms with Crippen molar-refractivity contribution in [3.63, 3.8) is 0 Å². The minimum atomic E-state index is 0.591. The third-order valence-corrected chi connectivity index (χ3v) is 16.6. The molecule has 10 heteroatoms. The summed E-state index contributed by atoms with van der Waals surface area (Å²) in [7, 11) is 0. The lowest BCUT2D eigenvalue weighted by atomic mass is 9.99. The molecule has 0 amide bonds. The van der Waals surface area contributed by atoms with Crippen LogP contribution in [0.15, 0.2) is 273 Å². The van der Waals surface area contributed by atoms with Gasteiger partial charge in [0.1, 0.15) is 5.01 Å². The van der Waals surface area contributed by atoms with E-state index < -0.39 is 0 Å². The summed E-state index contributed by atoms with van der Waals surface area (Å²) in [6.07, 6.45) is 0. The van der Waals surface area contributed by atoms with E-state index in [0.29, 0.717) is 34.9 Å². The molecule has 0 saturated carbocycles. The van der Waals surface area contributed by atoms with Crippen LogP contribution in [0, 0.1) is 0 Å². The SMILES string of the molecule is c1ccc(-c2nc(-c3ccccc3)nc(-c3cccc(-n4c5ccccc5c5cccc(-c6ccc7c(c6)c6ccc8nc(-c9ccccc9)sc8c6n7-c6cccc(-c7nc(-c8ccccc8)nc(-c8ccccc8)n7)c6)c54)c3)n2)cc1. The summed E-state index contributed by atoms with van der Waals surface area (Å²) in [5.41, 5.74) is 16.0. The van der Waals surface area contributed by atoms with Gasteiger partial charge in [0.05, 0.1) is 32.3 Å². The molecule has 0 aliphatic carbocycles. The molecular weight excluding hydrogens is 1030 g/mol. The second-order valence-electron chi connectivity index (χ2n) is 20.5. The van der Waals surface area contributed by atoms with Gasteiger partial charge in [-0.25, -0.2) is 34.9 Å². The van der Waals surface area contributed by atoms with Crippen molar-refractivity contribution in [2.45, 2.75) is 0 Å². The number of hydrogen-bond acceptors (Lipinski definition) is 8. The van der Waals surface area contributed by atoms with E-state index >= 15 is 0 Å². The monoisotopic (exact) mass is 1080 g/mol. The van der Waals surface area contributed by atoms with Crippen LogP contribution < -0.4 is 0 Å². The van der Waals surface area contributed by atoms with E-state index in [0.717, 1.165) is 120 Å². The second kappa shape index (κ2) is 19.9. The predicted octanol–water partition coefficient (Wildman–Crippen LogP) is 18.2. The van der Waals surface area contributed by atoms with Crippen LogP contribution in [-0.4, -0.2) is 44.0 Å². The van der Waals surface area contributed by atoms with Crippen molar-refractivity contribution in [2.75, 3.05) is 0 Å². The smallest absolute Gasteiger partial charge is 0.164 e. The van der Waals surface area contributed by atoms with Crippen LogP contribution in [0.25, 0.3) is 155 Å². The van der Waals surface area contributed by atoms with Crippen LogP contribution in [0.4, 0.5) is 0 Å². The van der Waals surface area contributed by atoms with Crippen molar-refractivity contribution >= 4 is 65.2 Å². The fraction of sp³-hybridized carbons (Fsp3) is 0. The number of hydrogen-bond donors (Lipinski definition) is 0. The standard InChI is InChI=1S/C73H45N9S/c1-6-21-46(22-7-1)67-75-68(47-23-8-2-9-24-47)78-71(77-67)52-31-18-33-54(43-52)81-62-38-17-16-35-57(62)58-37-20-36-56(64(58)81)51-39-42-63-60(45-51)59-40-41-61-66(83-73(74-61)50-29-14-5-15-30-50)65(59)82(63)55-34-19-32-53(44-55)72-79-69(48-25-10-3-11-26-48)76-70(80-72)49-27-12-4-13-28-49/h1-45H. The van der Waals surface area contributed by atoms with Crippen LogP contribution in [0.5, 0.6) is 0 Å². The molecule has 388 valence electrons. The second-order valence-corrected chi connectivity index (χ2v) is 21.5. The summed E-state index contributed by atoms with van der Waals surface area (Å²) in [6, 6.07) is 94.8. The van der Waals surface area contributed by atoms with Gasteiger partial charge in [-0.15, -0.1) is 11.3 Å². The number of para-hydroxylation sites is 2. The maximum Gasteiger partial charge on any atom is 0.164 e. The first-order valence-electron chi connectivity index (χ1n) is 27.5. The summed E-state index contributed by atoms with van der Waals surface area (Å²) < 4.78 is 5.91. The van der Waals surface area contributed by atoms with E-state index in [2.05, 4.69) is 155 Å². The Bertz CT molecular complexity index is 5020. The average molecular weight is 1080 g/mol. The van der Waals surface area contributed by atoms with Gasteiger partial charge in [-0.2, -0.15) is 0 Å². The summed E-state index contributed by atoms with van der Waals surface area (Å²) in [5, 5.41) is 5.54. The predicted molar refractivity (Wildman–Crippen MR) is 339 cm³/mol. The van der Waals surface area contributed by atoms with Crippen molar-refractivity contribution in [2.24, 2.45) is 0 Å². The lowest BCUT2D eigenvalue weighted by Crippen LogP contribution is -2.01. The molecule has 0 saturated heterocycles. The Morgan fingerprint density at radius 2 is 0.663 bits per heavy atom. The largest absolute Gasteiger partial charge is 0.309 e. The zero-order valence-electron chi connectivity index (χ0n) is 44.4. The fourth-order valence-electron chi connectivity index (χ4n) is 11.6. The minimum absolute atomic E-state index is 0.591. The molecule has 0 unspecified atom stereocenters. The van der Waals surface area contributed by atoms with E-state index in [1.165, 1.54) is 0 Å². The molecule has 5 aromatic heterocycles. The van der Waals surface area contributed by atoms with Crippen molar-refractivity contribution in [1.29, 1.82) is 0 Å². The highest BCUT2D eigenvalue weighted by Gasteiger charge is 2.23. The molecule has 0 spiro atoms. The summed E-state index contributed by atoms with van der Waals surface area (Å²) in [5.74, 6) is 3.66. The number of rotatable bonds is 10. The molecule has 11 aromatic carbocycles. The van der Waals surface area contributed by atoms with Crippen LogP contribution in [0.2, 0.25) is 0 Å². The molecular formula is C73H45N9S. The number of fused-ring (bicyclic) bond motifs is 8. The van der Waals surface area contributed by atoms with Gasteiger partial charge in [-0.05, 0) is 60.2 Å². The minimum Gasteiger partial charge on any atom is -0.309 e. The van der Waals surface area contributed by atoms with Crippen molar-refractivity contribution in [3.05, 3.63) is 273 Å². The lowest BCUT2D eigenvalue weighted by Gasteiger charge is -2.14. The van der Waals surface area contributed by atoms with Gasteiger partial charge in [0.2, 0.25) is 0 Å². The first kappa shape index (κ1) is 47.9. The highest BCUT2D eigenvalue weighted by atomic mass is 32.1. The van der Waals surface area contributed by atoms with Gasteiger partial charge in [0, 0.05) is 77.4 Å². The molecule has 83 heavy (non-hydrogen) atoms. The maximum atomic E-state index is 5.26. The molecule has 0 fully saturated rings. The summed E-state index contributed by atoms with van der Waals surface area (Å²) >= 11 is 1.73. The average Bonchev–Trinajstić information content (AvgIpc) is 2.05. The van der Waals surface area contributed by atoms with Gasteiger partial charge in [0.25, 0.3) is 0 Å². The Morgan fingerprint density at radius 1 is 0.253 bits per heavy atom.